The van der Waals surface area contributed by atoms with Gasteiger partial charge in [-0.25, -0.2) is 4.98 Å². The Morgan fingerprint density at radius 2 is 2.35 bits per heavy atom. The van der Waals surface area contributed by atoms with Crippen LogP contribution in [0, 0.1) is 11.3 Å². The predicted octanol–water partition coefficient (Wildman–Crippen LogP) is 1.96. The second-order valence-corrected chi connectivity index (χ2v) is 4.55. The van der Waals surface area contributed by atoms with Gasteiger partial charge in [-0.3, -0.25) is 0 Å². The molecule has 0 amide bonds. The first-order chi connectivity index (χ1) is 8.26. The van der Waals surface area contributed by atoms with Crippen molar-refractivity contribution in [2.24, 2.45) is 0 Å². The summed E-state index contributed by atoms with van der Waals surface area (Å²) >= 11 is 6.13. The Morgan fingerprint density at radius 3 is 2.82 bits per heavy atom. The van der Waals surface area contributed by atoms with E-state index in [0.717, 1.165) is 12.8 Å². The van der Waals surface area contributed by atoms with Crippen molar-refractivity contribution in [2.75, 3.05) is 18.1 Å². The van der Waals surface area contributed by atoms with E-state index in [0.29, 0.717) is 29.0 Å². The minimum atomic E-state index is 0.0779. The van der Waals surface area contributed by atoms with Crippen LogP contribution in [0.15, 0.2) is 12.3 Å². The first-order valence-corrected chi connectivity index (χ1v) is 6.07. The third-order valence-corrected chi connectivity index (χ3v) is 3.36. The highest BCUT2D eigenvalue weighted by molar-refractivity contribution is 6.33. The Kier molecular flexibility index (Phi) is 3.82. The van der Waals surface area contributed by atoms with Crippen LogP contribution >= 0.6 is 11.6 Å². The number of aromatic nitrogens is 1. The molecule has 2 rings (SSSR count). The molecule has 1 fully saturated rings. The maximum atomic E-state index is 9.09. The van der Waals surface area contributed by atoms with Crippen LogP contribution in [0.2, 0.25) is 5.02 Å². The number of hydrogen-bond acceptors (Lipinski definition) is 4. The minimum Gasteiger partial charge on any atom is -0.395 e. The Bertz CT molecular complexity index is 440. The van der Waals surface area contributed by atoms with E-state index in [1.807, 2.05) is 11.0 Å². The fourth-order valence-corrected chi connectivity index (χ4v) is 2.25. The molecule has 1 N–H and O–H groups in total. The molecular weight excluding hydrogens is 238 g/mol. The van der Waals surface area contributed by atoms with Crippen LogP contribution in [0.4, 0.5) is 5.82 Å². The number of nitrogens with zero attached hydrogens (tertiary/aromatic N) is 3. The summed E-state index contributed by atoms with van der Waals surface area (Å²) in [5.74, 6) is 0.671. The Morgan fingerprint density at radius 1 is 1.59 bits per heavy atom. The number of rotatable bonds is 4. The average molecular weight is 252 g/mol. The molecule has 1 aromatic heterocycles. The summed E-state index contributed by atoms with van der Waals surface area (Å²) in [6.45, 7) is 0.609. The fraction of sp³-hybridized carbons (Fsp3) is 0.500. The first-order valence-electron chi connectivity index (χ1n) is 5.69. The Balaban J connectivity index is 2.26. The summed E-state index contributed by atoms with van der Waals surface area (Å²) in [4.78, 5) is 6.27. The minimum absolute atomic E-state index is 0.0779. The fourth-order valence-electron chi connectivity index (χ4n) is 1.97. The smallest absolute Gasteiger partial charge is 0.147 e. The van der Waals surface area contributed by atoms with Gasteiger partial charge in [-0.1, -0.05) is 11.6 Å². The monoisotopic (exact) mass is 251 g/mol. The van der Waals surface area contributed by atoms with Gasteiger partial charge >= 0.3 is 0 Å². The molecule has 0 bridgehead atoms. The van der Waals surface area contributed by atoms with Gasteiger partial charge < -0.3 is 10.0 Å². The van der Waals surface area contributed by atoms with E-state index in [1.165, 1.54) is 12.6 Å². The molecule has 0 atom stereocenters. The zero-order valence-electron chi connectivity index (χ0n) is 9.43. The highest BCUT2D eigenvalue weighted by Gasteiger charge is 2.27. The summed E-state index contributed by atoms with van der Waals surface area (Å²) in [5.41, 5.74) is 0.455. The summed E-state index contributed by atoms with van der Waals surface area (Å²) in [6.07, 6.45) is 4.95. The van der Waals surface area contributed by atoms with Gasteiger partial charge in [-0.15, -0.1) is 0 Å². The van der Waals surface area contributed by atoms with E-state index < -0.39 is 0 Å². The number of anilines is 1. The molecule has 0 saturated heterocycles. The standard InChI is InChI=1S/C12H14ClN3O/c13-11-6-9(7-14)8-15-12(11)16(4-5-17)10-2-1-3-10/h6,8,10,17H,1-5H2. The molecule has 17 heavy (non-hydrogen) atoms. The third-order valence-electron chi connectivity index (χ3n) is 3.08. The number of halogens is 1. The van der Waals surface area contributed by atoms with E-state index in [9.17, 15) is 0 Å². The van der Waals surface area contributed by atoms with Crippen LogP contribution in [-0.4, -0.2) is 29.3 Å². The van der Waals surface area contributed by atoms with Crippen molar-refractivity contribution in [3.8, 4) is 6.07 Å². The number of hydrogen-bond donors (Lipinski definition) is 1. The lowest BCUT2D eigenvalue weighted by Crippen LogP contribution is -2.42. The second-order valence-electron chi connectivity index (χ2n) is 4.14. The molecule has 1 aliphatic rings. The van der Waals surface area contributed by atoms with Gasteiger partial charge in [-0.2, -0.15) is 5.26 Å². The van der Waals surface area contributed by atoms with Gasteiger partial charge in [0.2, 0.25) is 0 Å². The summed E-state index contributed by atoms with van der Waals surface area (Å²) in [6, 6.07) is 4.04. The maximum absolute atomic E-state index is 9.09. The van der Waals surface area contributed by atoms with E-state index in [1.54, 1.807) is 6.07 Å². The number of aliphatic hydroxyl groups excluding tert-OH is 1. The Hall–Kier alpha value is -1.31. The molecule has 1 aliphatic carbocycles. The highest BCUT2D eigenvalue weighted by atomic mass is 35.5. The molecule has 1 saturated carbocycles. The highest BCUT2D eigenvalue weighted by Crippen LogP contribution is 2.32. The van der Waals surface area contributed by atoms with E-state index >= 15 is 0 Å². The van der Waals surface area contributed by atoms with Gasteiger partial charge in [-0.05, 0) is 25.3 Å². The van der Waals surface area contributed by atoms with Crippen LogP contribution in [0.25, 0.3) is 0 Å². The molecule has 1 heterocycles. The van der Waals surface area contributed by atoms with Crippen LogP contribution in [0.3, 0.4) is 0 Å². The topological polar surface area (TPSA) is 60.2 Å². The van der Waals surface area contributed by atoms with Crippen molar-refractivity contribution in [2.45, 2.75) is 25.3 Å². The van der Waals surface area contributed by atoms with Crippen molar-refractivity contribution in [3.63, 3.8) is 0 Å². The lowest BCUT2D eigenvalue weighted by molar-refractivity contribution is 0.283. The van der Waals surface area contributed by atoms with Gasteiger partial charge in [0.05, 0.1) is 17.2 Å². The van der Waals surface area contributed by atoms with Crippen LogP contribution in [0.1, 0.15) is 24.8 Å². The van der Waals surface area contributed by atoms with Crippen molar-refractivity contribution < 1.29 is 5.11 Å². The van der Waals surface area contributed by atoms with E-state index in [-0.39, 0.29) is 6.61 Å². The number of pyridine rings is 1. The SMILES string of the molecule is N#Cc1cnc(N(CCO)C2CCC2)c(Cl)c1. The third kappa shape index (κ3) is 2.51. The molecule has 0 aromatic carbocycles. The average Bonchev–Trinajstić information content (AvgIpc) is 2.26. The van der Waals surface area contributed by atoms with Crippen LogP contribution in [0.5, 0.6) is 0 Å². The quantitative estimate of drug-likeness (QED) is 0.889. The maximum Gasteiger partial charge on any atom is 0.147 e. The van der Waals surface area contributed by atoms with Gasteiger partial charge in [0.1, 0.15) is 11.9 Å². The lowest BCUT2D eigenvalue weighted by atomic mass is 9.91. The molecular formula is C12H14ClN3O. The molecule has 5 heteroatoms. The molecule has 0 aliphatic heterocycles. The normalized spacial score (nSPS) is 15.1. The van der Waals surface area contributed by atoms with Crippen molar-refractivity contribution in [3.05, 3.63) is 22.8 Å². The molecule has 4 nitrogen and oxygen atoms in total. The number of nitriles is 1. The molecule has 0 radical (unpaired) electrons. The zero-order chi connectivity index (χ0) is 12.3. The van der Waals surface area contributed by atoms with Crippen molar-refractivity contribution in [1.82, 2.24) is 4.98 Å². The first kappa shape index (κ1) is 12.2. The predicted molar refractivity (Wildman–Crippen MR) is 66.0 cm³/mol. The van der Waals surface area contributed by atoms with E-state index in [4.69, 9.17) is 22.0 Å². The molecule has 90 valence electrons. The molecule has 0 unspecified atom stereocenters. The van der Waals surface area contributed by atoms with Gasteiger partial charge in [0, 0.05) is 18.8 Å². The molecule has 1 aromatic rings. The Labute approximate surface area is 105 Å². The number of aliphatic hydroxyl groups is 1. The zero-order valence-corrected chi connectivity index (χ0v) is 10.2. The van der Waals surface area contributed by atoms with Gasteiger partial charge in [0.25, 0.3) is 0 Å². The molecule has 0 spiro atoms. The van der Waals surface area contributed by atoms with Crippen molar-refractivity contribution >= 4 is 17.4 Å². The van der Waals surface area contributed by atoms with Crippen LogP contribution < -0.4 is 4.90 Å². The lowest BCUT2D eigenvalue weighted by Gasteiger charge is -2.38. The van der Waals surface area contributed by atoms with Crippen molar-refractivity contribution in [1.29, 1.82) is 5.26 Å². The summed E-state index contributed by atoms with van der Waals surface area (Å²) < 4.78 is 0. The summed E-state index contributed by atoms with van der Waals surface area (Å²) in [7, 11) is 0. The van der Waals surface area contributed by atoms with Crippen LogP contribution in [-0.2, 0) is 0 Å². The van der Waals surface area contributed by atoms with E-state index in [2.05, 4.69) is 4.98 Å². The van der Waals surface area contributed by atoms with Gasteiger partial charge in [0.15, 0.2) is 0 Å². The largest absolute Gasteiger partial charge is 0.395 e. The second kappa shape index (κ2) is 5.35. The summed E-state index contributed by atoms with van der Waals surface area (Å²) in [5, 5.41) is 18.3.